The second-order valence-electron chi connectivity index (χ2n) is 23.9. The Morgan fingerprint density at radius 2 is 0.649 bits per heavy atom. The fraction of sp³-hybridized carbons (Fsp3) is 0. The number of fused-ring (bicyclic) bond motifs is 7. The van der Waals surface area contributed by atoms with E-state index in [1.54, 1.807) is 0 Å². The van der Waals surface area contributed by atoms with Gasteiger partial charge in [0.05, 0.1) is 28.1 Å². The van der Waals surface area contributed by atoms with E-state index < -0.39 is 0 Å². The van der Waals surface area contributed by atoms with Gasteiger partial charge in [0.1, 0.15) is 0 Å². The lowest BCUT2D eigenvalue weighted by atomic mass is 9.33. The predicted molar refractivity (Wildman–Crippen MR) is 387 cm³/mol. The molecule has 0 saturated heterocycles. The number of rotatable bonds is 11. The lowest BCUT2D eigenvalue weighted by Crippen LogP contribution is -2.61. The molecule has 2 aliphatic heterocycles. The molecule has 0 N–H and O–H groups in total. The standard InChI is InChI=1S/C85H55BN8/c1-6-23-59(24-7-1)72-55-73(88-82(87-72)60-25-8-2-9-26-60)63-47-51-75(94-74-36-19-16-33-67(74)69-54-64(48-52-76(69)94)85-90-83(61-27-10-3-11-28-61)89-84(91-85)62-29-12-4-13-30-62)68(53-63)58-43-41-56(42-44-58)57-45-49-66(50-46-57)93-78-38-21-18-35-71(78)86-70-34-17-20-37-77(70)92(65-31-14-5-15-32-65)79-39-22-40-80(93)81(79)86/h1-55H. The Hall–Kier alpha value is -12.6. The number of hydrogen-bond acceptors (Lipinski definition) is 7. The number of para-hydroxylation sites is 4. The van der Waals surface area contributed by atoms with Crippen molar-refractivity contribution in [3.8, 4) is 96.0 Å². The van der Waals surface area contributed by atoms with Crippen LogP contribution in [0, 0.1) is 0 Å². The molecule has 0 saturated carbocycles. The smallest absolute Gasteiger partial charge is 0.252 e. The van der Waals surface area contributed by atoms with Gasteiger partial charge in [0.15, 0.2) is 23.3 Å². The minimum atomic E-state index is 0.0761. The van der Waals surface area contributed by atoms with Crippen LogP contribution in [0.4, 0.5) is 34.1 Å². The van der Waals surface area contributed by atoms with E-state index in [1.165, 1.54) is 39.1 Å². The largest absolute Gasteiger partial charge is 0.311 e. The van der Waals surface area contributed by atoms with Gasteiger partial charge in [-0.15, -0.1) is 0 Å². The second-order valence-corrected chi connectivity index (χ2v) is 23.9. The lowest BCUT2D eigenvalue weighted by Gasteiger charge is -2.44. The van der Waals surface area contributed by atoms with Crippen molar-refractivity contribution in [2.75, 3.05) is 9.80 Å². The SMILES string of the molecule is c1ccc(-c2cc(-c3ccc(-n4c5ccccc5c5cc(-c6nc(-c7ccccc7)nc(-c7ccccc7)n6)ccc54)c(-c4ccc(-c5ccc(N6c7ccccc7B7c8ccccc8N(c8ccccc8)c8cccc6c87)cc5)cc4)c3)nc(-c3ccccc3)n2)cc1. The van der Waals surface area contributed by atoms with Gasteiger partial charge in [0.2, 0.25) is 0 Å². The third kappa shape index (κ3) is 9.36. The first kappa shape index (κ1) is 54.4. The summed E-state index contributed by atoms with van der Waals surface area (Å²) >= 11 is 0. The molecule has 0 spiro atoms. The van der Waals surface area contributed by atoms with Crippen LogP contribution in [0.15, 0.2) is 334 Å². The summed E-state index contributed by atoms with van der Waals surface area (Å²) < 4.78 is 2.41. The number of anilines is 6. The molecule has 0 atom stereocenters. The molecule has 13 aromatic carbocycles. The predicted octanol–water partition coefficient (Wildman–Crippen LogP) is 19.2. The van der Waals surface area contributed by atoms with Gasteiger partial charge in [0.25, 0.3) is 6.71 Å². The van der Waals surface area contributed by atoms with Crippen molar-refractivity contribution < 1.29 is 0 Å². The van der Waals surface area contributed by atoms with Crippen molar-refractivity contribution in [1.29, 1.82) is 0 Å². The molecule has 0 fully saturated rings. The van der Waals surface area contributed by atoms with Gasteiger partial charge < -0.3 is 14.4 Å². The first-order valence-electron chi connectivity index (χ1n) is 31.8. The molecule has 94 heavy (non-hydrogen) atoms. The van der Waals surface area contributed by atoms with Gasteiger partial charge in [-0.25, -0.2) is 24.9 Å². The molecule has 8 nitrogen and oxygen atoms in total. The maximum atomic E-state index is 5.34. The zero-order chi connectivity index (χ0) is 62.1. The zero-order valence-electron chi connectivity index (χ0n) is 50.9. The van der Waals surface area contributed by atoms with E-state index in [-0.39, 0.29) is 6.71 Å². The fourth-order valence-corrected chi connectivity index (χ4v) is 14.1. The molecule has 9 heteroatoms. The van der Waals surface area contributed by atoms with Gasteiger partial charge in [-0.1, -0.05) is 243 Å². The molecule has 5 heterocycles. The third-order valence-corrected chi connectivity index (χ3v) is 18.5. The highest BCUT2D eigenvalue weighted by Crippen LogP contribution is 2.46. The van der Waals surface area contributed by atoms with Crippen LogP contribution in [0.25, 0.3) is 118 Å². The summed E-state index contributed by atoms with van der Waals surface area (Å²) in [7, 11) is 0. The highest BCUT2D eigenvalue weighted by Gasteiger charge is 2.43. The summed E-state index contributed by atoms with van der Waals surface area (Å²) in [5.74, 6) is 2.51. The summed E-state index contributed by atoms with van der Waals surface area (Å²) in [5, 5.41) is 2.20. The number of hydrogen-bond donors (Lipinski definition) is 0. The molecular formula is C85H55BN8. The van der Waals surface area contributed by atoms with Crippen LogP contribution in [0.3, 0.4) is 0 Å². The van der Waals surface area contributed by atoms with Gasteiger partial charge in [0, 0.05) is 83.8 Å². The van der Waals surface area contributed by atoms with Crippen molar-refractivity contribution in [2.24, 2.45) is 0 Å². The highest BCUT2D eigenvalue weighted by atomic mass is 15.2. The van der Waals surface area contributed by atoms with Crippen molar-refractivity contribution >= 4 is 79.0 Å². The van der Waals surface area contributed by atoms with E-state index in [0.29, 0.717) is 23.3 Å². The van der Waals surface area contributed by atoms with Crippen molar-refractivity contribution in [2.45, 2.75) is 0 Å². The number of benzene rings is 13. The van der Waals surface area contributed by atoms with E-state index >= 15 is 0 Å². The third-order valence-electron chi connectivity index (χ3n) is 18.5. The van der Waals surface area contributed by atoms with Gasteiger partial charge >= 0.3 is 0 Å². The molecule has 3 aromatic heterocycles. The first-order valence-corrected chi connectivity index (χ1v) is 31.8. The van der Waals surface area contributed by atoms with E-state index in [9.17, 15) is 0 Å². The van der Waals surface area contributed by atoms with Gasteiger partial charge in [-0.3, -0.25) is 0 Å². The quantitative estimate of drug-likeness (QED) is 0.119. The number of nitrogens with zero attached hydrogens (tertiary/aromatic N) is 8. The minimum absolute atomic E-state index is 0.0761. The Kier molecular flexibility index (Phi) is 13.1. The summed E-state index contributed by atoms with van der Waals surface area (Å²) in [4.78, 5) is 30.7. The summed E-state index contributed by atoms with van der Waals surface area (Å²) in [5.41, 5.74) is 25.8. The van der Waals surface area contributed by atoms with E-state index in [0.717, 1.165) is 106 Å². The molecule has 16 aromatic rings. The normalized spacial score (nSPS) is 12.2. The molecule has 18 rings (SSSR count). The summed E-state index contributed by atoms with van der Waals surface area (Å²) in [6.45, 7) is 0.0761. The van der Waals surface area contributed by atoms with Gasteiger partial charge in [-0.05, 0) is 124 Å². The Balaban J connectivity index is 0.761. The second kappa shape index (κ2) is 22.7. The zero-order valence-corrected chi connectivity index (χ0v) is 50.9. The maximum Gasteiger partial charge on any atom is 0.252 e. The maximum absolute atomic E-state index is 5.34. The molecule has 2 aliphatic rings. The summed E-state index contributed by atoms with van der Waals surface area (Å²) in [6.07, 6.45) is 0. The van der Waals surface area contributed by atoms with Crippen LogP contribution in [0.2, 0.25) is 0 Å². The molecular weight excluding hydrogens is 1140 g/mol. The summed E-state index contributed by atoms with van der Waals surface area (Å²) in [6, 6.07) is 119. The Morgan fingerprint density at radius 3 is 1.23 bits per heavy atom. The Morgan fingerprint density at radius 1 is 0.234 bits per heavy atom. The van der Waals surface area contributed by atoms with E-state index in [4.69, 9.17) is 24.9 Å². The van der Waals surface area contributed by atoms with Crippen LogP contribution in [0.5, 0.6) is 0 Å². The molecule has 0 aliphatic carbocycles. The van der Waals surface area contributed by atoms with E-state index in [2.05, 4.69) is 263 Å². The lowest BCUT2D eigenvalue weighted by molar-refractivity contribution is 1.07. The van der Waals surface area contributed by atoms with E-state index in [1.807, 2.05) is 84.9 Å². The Bertz CT molecular complexity index is 5440. The fourth-order valence-electron chi connectivity index (χ4n) is 14.1. The van der Waals surface area contributed by atoms with Crippen LogP contribution < -0.4 is 26.2 Å². The van der Waals surface area contributed by atoms with Crippen LogP contribution in [0.1, 0.15) is 0 Å². The van der Waals surface area contributed by atoms with Crippen LogP contribution >= 0.6 is 0 Å². The highest BCUT2D eigenvalue weighted by molar-refractivity contribution is 7.00. The Labute approximate surface area is 544 Å². The first-order chi connectivity index (χ1) is 46.6. The average molecular weight is 1200 g/mol. The van der Waals surface area contributed by atoms with Gasteiger partial charge in [-0.2, -0.15) is 0 Å². The molecule has 0 unspecified atom stereocenters. The minimum Gasteiger partial charge on any atom is -0.311 e. The van der Waals surface area contributed by atoms with Crippen molar-refractivity contribution in [3.63, 3.8) is 0 Å². The van der Waals surface area contributed by atoms with Crippen LogP contribution in [-0.4, -0.2) is 36.2 Å². The molecule has 0 amide bonds. The average Bonchev–Trinajstić information content (AvgIpc) is 0.894. The van der Waals surface area contributed by atoms with Crippen molar-refractivity contribution in [1.82, 2.24) is 29.5 Å². The molecule has 0 bridgehead atoms. The molecule has 438 valence electrons. The molecule has 0 radical (unpaired) electrons. The van der Waals surface area contributed by atoms with Crippen LogP contribution in [-0.2, 0) is 0 Å². The number of aromatic nitrogens is 6. The van der Waals surface area contributed by atoms with Crippen molar-refractivity contribution in [3.05, 3.63) is 334 Å². The topological polar surface area (TPSA) is 75.9 Å². The monoisotopic (exact) mass is 1200 g/mol.